The van der Waals surface area contributed by atoms with E-state index in [1.807, 2.05) is 12.1 Å². The van der Waals surface area contributed by atoms with E-state index in [0.29, 0.717) is 26.4 Å². The van der Waals surface area contributed by atoms with Crippen molar-refractivity contribution in [3.63, 3.8) is 0 Å². The predicted molar refractivity (Wildman–Crippen MR) is 89.9 cm³/mol. The number of fused-ring (bicyclic) bond motifs is 2. The molecule has 0 spiro atoms. The summed E-state index contributed by atoms with van der Waals surface area (Å²) in [6.07, 6.45) is 0.741. The molecule has 0 radical (unpaired) electrons. The van der Waals surface area contributed by atoms with Gasteiger partial charge in [0.1, 0.15) is 19.0 Å². The number of nitrogens with two attached hydrogens (primary N) is 1. The Morgan fingerprint density at radius 2 is 1.91 bits per heavy atom. The first-order chi connectivity index (χ1) is 9.83. The van der Waals surface area contributed by atoms with Gasteiger partial charge < -0.3 is 24.5 Å². The lowest BCUT2D eigenvalue weighted by molar-refractivity contribution is 0.172. The van der Waals surface area contributed by atoms with E-state index in [-0.39, 0.29) is 24.8 Å². The second-order valence-corrected chi connectivity index (χ2v) is 4.70. The van der Waals surface area contributed by atoms with Crippen LogP contribution < -0.4 is 15.2 Å². The summed E-state index contributed by atoms with van der Waals surface area (Å²) in [5, 5.41) is 0. The van der Waals surface area contributed by atoms with Crippen LogP contribution in [0.3, 0.4) is 0 Å². The van der Waals surface area contributed by atoms with E-state index in [2.05, 4.69) is 9.55 Å². The molecule has 2 N–H and O–H groups in total. The third kappa shape index (κ3) is 3.57. The normalized spacial score (nSPS) is 12.6. The average Bonchev–Trinajstić information content (AvgIpc) is 2.79. The van der Waals surface area contributed by atoms with Gasteiger partial charge in [0.05, 0.1) is 17.6 Å². The van der Waals surface area contributed by atoms with Crippen LogP contribution in [0.15, 0.2) is 12.1 Å². The van der Waals surface area contributed by atoms with Crippen LogP contribution in [0.5, 0.6) is 11.5 Å². The van der Waals surface area contributed by atoms with Crippen molar-refractivity contribution in [2.45, 2.75) is 13.0 Å². The smallest absolute Gasteiger partial charge is 0.163 e. The van der Waals surface area contributed by atoms with Crippen LogP contribution in [0.25, 0.3) is 11.0 Å². The lowest BCUT2D eigenvalue weighted by Crippen LogP contribution is -2.15. The number of methoxy groups -OCH3 is 1. The van der Waals surface area contributed by atoms with Gasteiger partial charge >= 0.3 is 0 Å². The van der Waals surface area contributed by atoms with Crippen molar-refractivity contribution in [2.24, 2.45) is 5.73 Å². The summed E-state index contributed by atoms with van der Waals surface area (Å²) < 4.78 is 18.6. The van der Waals surface area contributed by atoms with Crippen molar-refractivity contribution in [3.8, 4) is 11.5 Å². The molecule has 0 aliphatic carbocycles. The number of halogens is 2. The van der Waals surface area contributed by atoms with Crippen LogP contribution in [0.2, 0.25) is 0 Å². The van der Waals surface area contributed by atoms with Gasteiger partial charge in [-0.05, 0) is 6.54 Å². The van der Waals surface area contributed by atoms with Gasteiger partial charge in [0.25, 0.3) is 0 Å². The number of hydrogen-bond acceptors (Lipinski definition) is 5. The lowest BCUT2D eigenvalue weighted by Gasteiger charge is -2.18. The quantitative estimate of drug-likeness (QED) is 0.890. The molecular weight excluding hydrogens is 329 g/mol. The first-order valence-corrected chi connectivity index (χ1v) is 6.81. The van der Waals surface area contributed by atoms with E-state index in [9.17, 15) is 0 Å². The van der Waals surface area contributed by atoms with E-state index in [1.165, 1.54) is 0 Å². The van der Waals surface area contributed by atoms with E-state index in [1.54, 1.807) is 7.11 Å². The summed E-state index contributed by atoms with van der Waals surface area (Å²) in [6.45, 7) is 3.13. The van der Waals surface area contributed by atoms with E-state index in [0.717, 1.165) is 41.3 Å². The van der Waals surface area contributed by atoms with Gasteiger partial charge in [0.2, 0.25) is 0 Å². The fourth-order valence-corrected chi connectivity index (χ4v) is 2.46. The molecule has 1 aromatic heterocycles. The maximum Gasteiger partial charge on any atom is 0.163 e. The Labute approximate surface area is 141 Å². The van der Waals surface area contributed by atoms with Crippen molar-refractivity contribution in [3.05, 3.63) is 18.0 Å². The lowest BCUT2D eigenvalue weighted by atomic mass is 10.2. The monoisotopic (exact) mass is 349 g/mol. The molecule has 0 atom stereocenters. The van der Waals surface area contributed by atoms with Gasteiger partial charge in [-0.25, -0.2) is 4.98 Å². The minimum Gasteiger partial charge on any atom is -0.486 e. The highest BCUT2D eigenvalue weighted by atomic mass is 35.5. The molecule has 1 aliphatic heterocycles. The molecule has 2 aromatic rings. The fourth-order valence-electron chi connectivity index (χ4n) is 2.46. The number of benzene rings is 1. The molecule has 8 heteroatoms. The molecule has 3 rings (SSSR count). The predicted octanol–water partition coefficient (Wildman–Crippen LogP) is 1.80. The van der Waals surface area contributed by atoms with Gasteiger partial charge in [-0.15, -0.1) is 24.8 Å². The molecule has 0 saturated heterocycles. The van der Waals surface area contributed by atoms with Crippen LogP contribution >= 0.6 is 24.8 Å². The molecule has 0 saturated carbocycles. The highest BCUT2D eigenvalue weighted by Gasteiger charge is 2.17. The molecular formula is C14H21Cl2N3O3. The van der Waals surface area contributed by atoms with E-state index < -0.39 is 0 Å². The van der Waals surface area contributed by atoms with Crippen LogP contribution in [0.4, 0.5) is 0 Å². The van der Waals surface area contributed by atoms with Crippen LogP contribution in [0.1, 0.15) is 5.82 Å². The van der Waals surface area contributed by atoms with Gasteiger partial charge in [0, 0.05) is 32.2 Å². The third-order valence-corrected chi connectivity index (χ3v) is 3.38. The zero-order chi connectivity index (χ0) is 13.9. The molecule has 124 valence electrons. The molecule has 22 heavy (non-hydrogen) atoms. The molecule has 0 fully saturated rings. The van der Waals surface area contributed by atoms with Gasteiger partial charge in [0.15, 0.2) is 11.5 Å². The number of hydrogen-bond donors (Lipinski definition) is 1. The fraction of sp³-hybridized carbons (Fsp3) is 0.500. The van der Waals surface area contributed by atoms with Gasteiger partial charge in [-0.2, -0.15) is 0 Å². The molecule has 0 amide bonds. The summed E-state index contributed by atoms with van der Waals surface area (Å²) in [5.74, 6) is 2.52. The van der Waals surface area contributed by atoms with Crippen molar-refractivity contribution in [1.82, 2.24) is 9.55 Å². The topological polar surface area (TPSA) is 71.5 Å². The van der Waals surface area contributed by atoms with Crippen molar-refractivity contribution in [1.29, 1.82) is 0 Å². The molecule has 0 bridgehead atoms. The SMILES string of the molecule is COCCn1c(CCN)nc2cc3c(cc21)OCCO3.Cl.Cl. The number of nitrogens with zero attached hydrogens (tertiary/aromatic N) is 2. The number of ether oxygens (including phenoxy) is 3. The summed E-state index contributed by atoms with van der Waals surface area (Å²) >= 11 is 0. The van der Waals surface area contributed by atoms with Gasteiger partial charge in [-0.1, -0.05) is 0 Å². The minimum absolute atomic E-state index is 0. The zero-order valence-corrected chi connectivity index (χ0v) is 14.0. The first-order valence-electron chi connectivity index (χ1n) is 6.81. The molecule has 0 unspecified atom stereocenters. The Kier molecular flexibility index (Phi) is 7.22. The average molecular weight is 350 g/mol. The Bertz CT molecular complexity index is 619. The maximum atomic E-state index is 5.67. The molecule has 1 aromatic carbocycles. The zero-order valence-electron chi connectivity index (χ0n) is 12.4. The summed E-state index contributed by atoms with van der Waals surface area (Å²) in [4.78, 5) is 4.66. The summed E-state index contributed by atoms with van der Waals surface area (Å²) in [7, 11) is 1.69. The Morgan fingerprint density at radius 3 is 2.55 bits per heavy atom. The number of aromatic nitrogens is 2. The van der Waals surface area contributed by atoms with Crippen LogP contribution in [-0.4, -0.2) is 43.0 Å². The summed E-state index contributed by atoms with van der Waals surface area (Å²) in [6, 6.07) is 3.93. The van der Waals surface area contributed by atoms with Crippen LogP contribution in [-0.2, 0) is 17.7 Å². The number of imidazole rings is 1. The Morgan fingerprint density at radius 1 is 1.23 bits per heavy atom. The van der Waals surface area contributed by atoms with Gasteiger partial charge in [-0.3, -0.25) is 0 Å². The molecule has 2 heterocycles. The Hall–Kier alpha value is -1.21. The maximum absolute atomic E-state index is 5.67. The summed E-state index contributed by atoms with van der Waals surface area (Å²) in [5.41, 5.74) is 7.62. The standard InChI is InChI=1S/C14H19N3O3.2ClH/c1-18-5-4-17-11-9-13-12(19-6-7-20-13)8-10(11)16-14(17)2-3-15;;/h8-9H,2-7,15H2,1H3;2*1H. The minimum atomic E-state index is 0. The van der Waals surface area contributed by atoms with Crippen molar-refractivity contribution < 1.29 is 14.2 Å². The molecule has 6 nitrogen and oxygen atoms in total. The largest absolute Gasteiger partial charge is 0.486 e. The molecule has 1 aliphatic rings. The third-order valence-electron chi connectivity index (χ3n) is 3.38. The number of rotatable bonds is 5. The van der Waals surface area contributed by atoms with Crippen LogP contribution in [0, 0.1) is 0 Å². The first kappa shape index (κ1) is 18.8. The highest BCUT2D eigenvalue weighted by Crippen LogP contribution is 2.34. The second kappa shape index (κ2) is 8.43. The van der Waals surface area contributed by atoms with E-state index >= 15 is 0 Å². The highest BCUT2D eigenvalue weighted by molar-refractivity contribution is 5.85. The van der Waals surface area contributed by atoms with Crippen molar-refractivity contribution >= 4 is 35.8 Å². The van der Waals surface area contributed by atoms with E-state index in [4.69, 9.17) is 19.9 Å². The Balaban J connectivity index is 0.00000121. The van der Waals surface area contributed by atoms with Crippen molar-refractivity contribution in [2.75, 3.05) is 33.5 Å². The second-order valence-electron chi connectivity index (χ2n) is 4.70.